The van der Waals surface area contributed by atoms with Gasteiger partial charge >= 0.3 is 0 Å². The Labute approximate surface area is 138 Å². The number of nitrogens with zero attached hydrogens (tertiary/aromatic N) is 5. The predicted molar refractivity (Wildman–Crippen MR) is 85.1 cm³/mol. The van der Waals surface area contributed by atoms with E-state index in [2.05, 4.69) is 20.4 Å². The van der Waals surface area contributed by atoms with Crippen LogP contribution in [0.15, 0.2) is 37.1 Å². The first-order valence-electron chi connectivity index (χ1n) is 7.87. The number of aromatic nitrogens is 5. The zero-order chi connectivity index (χ0) is 16.7. The number of carbonyl (C=O) groups is 1. The molecule has 3 aromatic heterocycles. The number of fused-ring (bicyclic) bond motifs is 1. The molecule has 0 spiro atoms. The molecule has 0 saturated heterocycles. The van der Waals surface area contributed by atoms with Crippen molar-refractivity contribution in [2.75, 3.05) is 0 Å². The summed E-state index contributed by atoms with van der Waals surface area (Å²) >= 11 is 0. The summed E-state index contributed by atoms with van der Waals surface area (Å²) in [7, 11) is 1.84. The van der Waals surface area contributed by atoms with Gasteiger partial charge in [0.2, 0.25) is 5.78 Å². The summed E-state index contributed by atoms with van der Waals surface area (Å²) in [5.41, 5.74) is 1.26. The monoisotopic (exact) mass is 326 g/mol. The summed E-state index contributed by atoms with van der Waals surface area (Å²) in [5.74, 6) is 0.429. The van der Waals surface area contributed by atoms with Crippen LogP contribution in [-0.2, 0) is 7.05 Å². The third-order valence-electron chi connectivity index (χ3n) is 4.46. The molecule has 1 unspecified atom stereocenters. The van der Waals surface area contributed by atoms with Crippen LogP contribution < -0.4 is 5.32 Å². The summed E-state index contributed by atoms with van der Waals surface area (Å²) in [4.78, 5) is 21.0. The lowest BCUT2D eigenvalue weighted by Gasteiger charge is -2.37. The molecule has 4 rings (SSSR count). The topological polar surface area (TPSA) is 97.3 Å². The van der Waals surface area contributed by atoms with Crippen LogP contribution in [0.25, 0.3) is 5.78 Å². The Balaban J connectivity index is 1.58. The van der Waals surface area contributed by atoms with E-state index in [0.717, 1.165) is 5.56 Å². The molecule has 0 radical (unpaired) electrons. The molecule has 1 fully saturated rings. The van der Waals surface area contributed by atoms with Gasteiger partial charge in [-0.15, -0.1) is 0 Å². The Morgan fingerprint density at radius 1 is 1.42 bits per heavy atom. The Bertz CT molecular complexity index is 846. The lowest BCUT2D eigenvalue weighted by molar-refractivity contribution is 0.0234. The van der Waals surface area contributed by atoms with E-state index in [-0.39, 0.29) is 24.0 Å². The first kappa shape index (κ1) is 14.8. The third-order valence-corrected chi connectivity index (χ3v) is 4.46. The fourth-order valence-electron chi connectivity index (χ4n) is 3.13. The highest BCUT2D eigenvalue weighted by Crippen LogP contribution is 2.38. The molecular formula is C16H18N6O2. The Kier molecular flexibility index (Phi) is 3.53. The van der Waals surface area contributed by atoms with Crippen LogP contribution in [0.1, 0.15) is 34.9 Å². The number of hydrogen-bond donors (Lipinski definition) is 2. The van der Waals surface area contributed by atoms with E-state index < -0.39 is 0 Å². The van der Waals surface area contributed by atoms with Crippen LogP contribution in [0, 0.1) is 5.92 Å². The zero-order valence-corrected chi connectivity index (χ0v) is 13.2. The quantitative estimate of drug-likeness (QED) is 0.736. The van der Waals surface area contributed by atoms with Crippen LogP contribution in [0.2, 0.25) is 0 Å². The van der Waals surface area contributed by atoms with E-state index in [1.807, 2.05) is 13.2 Å². The number of aliphatic hydroxyl groups excluding tert-OH is 1. The Hall–Kier alpha value is -2.74. The minimum absolute atomic E-state index is 0.188. The first-order chi connectivity index (χ1) is 11.6. The third kappa shape index (κ3) is 2.65. The van der Waals surface area contributed by atoms with E-state index in [1.54, 1.807) is 39.9 Å². The van der Waals surface area contributed by atoms with Crippen LogP contribution in [-0.4, -0.2) is 41.3 Å². The first-order valence-corrected chi connectivity index (χ1v) is 7.87. The zero-order valence-electron chi connectivity index (χ0n) is 13.2. The maximum Gasteiger partial charge on any atom is 0.272 e. The average Bonchev–Trinajstić information content (AvgIpc) is 3.15. The Morgan fingerprint density at radius 2 is 2.25 bits per heavy atom. The van der Waals surface area contributed by atoms with E-state index in [0.29, 0.717) is 24.3 Å². The van der Waals surface area contributed by atoms with Gasteiger partial charge in [0.1, 0.15) is 5.69 Å². The molecule has 0 bridgehead atoms. The summed E-state index contributed by atoms with van der Waals surface area (Å²) in [6.07, 6.45) is 9.80. The van der Waals surface area contributed by atoms with Crippen molar-refractivity contribution in [1.82, 2.24) is 29.5 Å². The summed E-state index contributed by atoms with van der Waals surface area (Å²) < 4.78 is 3.42. The van der Waals surface area contributed by atoms with Gasteiger partial charge in [-0.05, 0) is 24.8 Å². The molecule has 24 heavy (non-hydrogen) atoms. The molecule has 3 heterocycles. The molecule has 1 atom stereocenters. The molecule has 2 N–H and O–H groups in total. The molecular weight excluding hydrogens is 308 g/mol. The van der Waals surface area contributed by atoms with Crippen molar-refractivity contribution in [3.63, 3.8) is 0 Å². The number of aryl methyl sites for hydroxylation is 1. The molecule has 0 aromatic carbocycles. The summed E-state index contributed by atoms with van der Waals surface area (Å²) in [6, 6.07) is 1.59. The van der Waals surface area contributed by atoms with Gasteiger partial charge in [-0.25, -0.2) is 9.97 Å². The molecule has 1 aliphatic carbocycles. The maximum atomic E-state index is 12.6. The summed E-state index contributed by atoms with van der Waals surface area (Å²) in [6.45, 7) is 0. The van der Waals surface area contributed by atoms with E-state index >= 15 is 0 Å². The molecule has 1 saturated carbocycles. The van der Waals surface area contributed by atoms with Crippen molar-refractivity contribution in [3.05, 3.63) is 48.3 Å². The number of rotatable bonds is 4. The molecule has 1 aliphatic rings. The Morgan fingerprint density at radius 3 is 2.92 bits per heavy atom. The highest BCUT2D eigenvalue weighted by atomic mass is 16.3. The molecule has 1 amide bonds. The van der Waals surface area contributed by atoms with Gasteiger partial charge in [0, 0.05) is 37.4 Å². The van der Waals surface area contributed by atoms with Gasteiger partial charge in [0.25, 0.3) is 5.91 Å². The van der Waals surface area contributed by atoms with Gasteiger partial charge in [-0.3, -0.25) is 13.9 Å². The summed E-state index contributed by atoms with van der Waals surface area (Å²) in [5, 5.41) is 16.8. The SMILES string of the molecule is Cn1cc(C(NC(=O)c2cn3cccnc3n2)C2CC(O)C2)cn1. The normalized spacial score (nSPS) is 21.4. The van der Waals surface area contributed by atoms with Crippen molar-refractivity contribution in [2.45, 2.75) is 25.0 Å². The van der Waals surface area contributed by atoms with Crippen molar-refractivity contribution >= 4 is 11.7 Å². The second-order valence-corrected chi connectivity index (χ2v) is 6.24. The highest BCUT2D eigenvalue weighted by Gasteiger charge is 2.36. The fraction of sp³-hybridized carbons (Fsp3) is 0.375. The second-order valence-electron chi connectivity index (χ2n) is 6.24. The van der Waals surface area contributed by atoms with Gasteiger partial charge < -0.3 is 10.4 Å². The van der Waals surface area contributed by atoms with Crippen LogP contribution in [0.5, 0.6) is 0 Å². The van der Waals surface area contributed by atoms with Crippen LogP contribution >= 0.6 is 0 Å². The number of nitrogens with one attached hydrogen (secondary N) is 1. The minimum atomic E-state index is -0.287. The molecule has 0 aliphatic heterocycles. The number of imidazole rings is 1. The van der Waals surface area contributed by atoms with E-state index in [4.69, 9.17) is 0 Å². The largest absolute Gasteiger partial charge is 0.393 e. The van der Waals surface area contributed by atoms with Crippen LogP contribution in [0.3, 0.4) is 0 Å². The van der Waals surface area contributed by atoms with Crippen molar-refractivity contribution in [3.8, 4) is 0 Å². The minimum Gasteiger partial charge on any atom is -0.393 e. The molecule has 3 aromatic rings. The number of carbonyl (C=O) groups excluding carboxylic acids is 1. The van der Waals surface area contributed by atoms with Crippen molar-refractivity contribution < 1.29 is 9.90 Å². The van der Waals surface area contributed by atoms with Gasteiger partial charge in [-0.1, -0.05) is 0 Å². The number of hydrogen-bond acceptors (Lipinski definition) is 5. The van der Waals surface area contributed by atoms with Crippen molar-refractivity contribution in [1.29, 1.82) is 0 Å². The molecule has 8 nitrogen and oxygen atoms in total. The van der Waals surface area contributed by atoms with Crippen molar-refractivity contribution in [2.24, 2.45) is 13.0 Å². The second kappa shape index (κ2) is 5.72. The van der Waals surface area contributed by atoms with E-state index in [1.165, 1.54) is 0 Å². The average molecular weight is 326 g/mol. The maximum absolute atomic E-state index is 12.6. The van der Waals surface area contributed by atoms with Gasteiger partial charge in [0.05, 0.1) is 18.3 Å². The smallest absolute Gasteiger partial charge is 0.272 e. The van der Waals surface area contributed by atoms with Gasteiger partial charge in [0.15, 0.2) is 0 Å². The van der Waals surface area contributed by atoms with Crippen LogP contribution in [0.4, 0.5) is 0 Å². The lowest BCUT2D eigenvalue weighted by atomic mass is 9.75. The lowest BCUT2D eigenvalue weighted by Crippen LogP contribution is -2.41. The fourth-order valence-corrected chi connectivity index (χ4v) is 3.13. The molecule has 8 heteroatoms. The van der Waals surface area contributed by atoms with Gasteiger partial charge in [-0.2, -0.15) is 5.10 Å². The number of amides is 1. The standard InChI is InChI=1S/C16H18N6O2/c1-21-8-11(7-18-21)14(10-5-12(23)6-10)20-15(24)13-9-22-4-2-3-17-16(22)19-13/h2-4,7-10,12,14,23H,5-6H2,1H3,(H,20,24). The highest BCUT2D eigenvalue weighted by molar-refractivity contribution is 5.93. The van der Waals surface area contributed by atoms with E-state index in [9.17, 15) is 9.90 Å². The number of aliphatic hydroxyl groups is 1. The molecule has 124 valence electrons. The predicted octanol–water partition coefficient (Wildman–Crippen LogP) is 0.705.